The molecule has 0 unspecified atom stereocenters. The minimum Gasteiger partial charge on any atom is -0.492 e. The second kappa shape index (κ2) is 8.56. The topological polar surface area (TPSA) is 21.3 Å². The minimum absolute atomic E-state index is 0.706. The predicted molar refractivity (Wildman–Crippen MR) is 76.9 cm³/mol. The van der Waals surface area contributed by atoms with Crippen molar-refractivity contribution in [1.29, 1.82) is 0 Å². The molecule has 0 radical (unpaired) electrons. The standard InChI is InChI=1S/C13H17BrClNO/c1-2-7-16-8-3-4-9-17-13-6-5-11(15)10-12(13)14/h2,5-6,10,16H,1,3-4,7-9H2. The molecule has 0 aliphatic heterocycles. The zero-order valence-corrected chi connectivity index (χ0v) is 12.1. The number of halogens is 2. The van der Waals surface area contributed by atoms with E-state index in [0.717, 1.165) is 42.8 Å². The SMILES string of the molecule is C=CCNCCCCOc1ccc(Cl)cc1Br. The average Bonchev–Trinajstić information content (AvgIpc) is 2.30. The molecule has 0 amide bonds. The molecule has 0 saturated heterocycles. The Hall–Kier alpha value is -0.510. The number of benzene rings is 1. The monoisotopic (exact) mass is 317 g/mol. The molecule has 0 fully saturated rings. The number of unbranched alkanes of at least 4 members (excludes halogenated alkanes) is 1. The third-order valence-electron chi connectivity index (χ3n) is 2.19. The van der Waals surface area contributed by atoms with Crippen molar-refractivity contribution >= 4 is 27.5 Å². The van der Waals surface area contributed by atoms with E-state index >= 15 is 0 Å². The van der Waals surface area contributed by atoms with Crippen LogP contribution < -0.4 is 10.1 Å². The predicted octanol–water partition coefficient (Wildman–Crippen LogP) is 4.04. The van der Waals surface area contributed by atoms with E-state index in [2.05, 4.69) is 27.8 Å². The summed E-state index contributed by atoms with van der Waals surface area (Å²) in [4.78, 5) is 0. The molecule has 1 rings (SSSR count). The van der Waals surface area contributed by atoms with Crippen molar-refractivity contribution in [3.05, 3.63) is 40.3 Å². The van der Waals surface area contributed by atoms with E-state index in [0.29, 0.717) is 5.02 Å². The van der Waals surface area contributed by atoms with Gasteiger partial charge in [0.2, 0.25) is 0 Å². The van der Waals surface area contributed by atoms with Crippen LogP contribution in [-0.2, 0) is 0 Å². The highest BCUT2D eigenvalue weighted by atomic mass is 79.9. The Bertz CT molecular complexity index is 357. The molecule has 0 aliphatic carbocycles. The first-order valence-corrected chi connectivity index (χ1v) is 6.80. The maximum atomic E-state index is 5.85. The van der Waals surface area contributed by atoms with E-state index < -0.39 is 0 Å². The largest absolute Gasteiger partial charge is 0.492 e. The van der Waals surface area contributed by atoms with Gasteiger partial charge in [0, 0.05) is 11.6 Å². The summed E-state index contributed by atoms with van der Waals surface area (Å²) < 4.78 is 6.54. The molecule has 1 aromatic carbocycles. The molecule has 1 aromatic rings. The molecule has 0 spiro atoms. The van der Waals surface area contributed by atoms with Gasteiger partial charge in [0.05, 0.1) is 11.1 Å². The highest BCUT2D eigenvalue weighted by Crippen LogP contribution is 2.27. The van der Waals surface area contributed by atoms with Crippen molar-refractivity contribution in [1.82, 2.24) is 5.32 Å². The Kier molecular flexibility index (Phi) is 7.33. The van der Waals surface area contributed by atoms with Gasteiger partial charge in [0.1, 0.15) is 5.75 Å². The zero-order chi connectivity index (χ0) is 12.5. The summed E-state index contributed by atoms with van der Waals surface area (Å²) in [6, 6.07) is 5.54. The van der Waals surface area contributed by atoms with Crippen molar-refractivity contribution < 1.29 is 4.74 Å². The fourth-order valence-electron chi connectivity index (χ4n) is 1.33. The van der Waals surface area contributed by atoms with E-state index in [4.69, 9.17) is 16.3 Å². The fraction of sp³-hybridized carbons (Fsp3) is 0.385. The third kappa shape index (κ3) is 6.10. The van der Waals surface area contributed by atoms with Crippen molar-refractivity contribution in [2.45, 2.75) is 12.8 Å². The van der Waals surface area contributed by atoms with Crippen LogP contribution in [0.2, 0.25) is 5.02 Å². The van der Waals surface area contributed by atoms with Crippen LogP contribution in [0.1, 0.15) is 12.8 Å². The summed E-state index contributed by atoms with van der Waals surface area (Å²) in [5.74, 6) is 0.841. The van der Waals surface area contributed by atoms with Crippen LogP contribution in [0.15, 0.2) is 35.3 Å². The Morgan fingerprint density at radius 3 is 2.94 bits per heavy atom. The Morgan fingerprint density at radius 1 is 1.41 bits per heavy atom. The lowest BCUT2D eigenvalue weighted by molar-refractivity contribution is 0.304. The van der Waals surface area contributed by atoms with Crippen LogP contribution >= 0.6 is 27.5 Å². The summed E-state index contributed by atoms with van der Waals surface area (Å²) in [5.41, 5.74) is 0. The van der Waals surface area contributed by atoms with Gasteiger partial charge in [-0.25, -0.2) is 0 Å². The zero-order valence-electron chi connectivity index (χ0n) is 9.72. The minimum atomic E-state index is 0.706. The summed E-state index contributed by atoms with van der Waals surface area (Å²) in [6.45, 7) is 6.23. The van der Waals surface area contributed by atoms with Gasteiger partial charge >= 0.3 is 0 Å². The van der Waals surface area contributed by atoms with Crippen LogP contribution in [-0.4, -0.2) is 19.7 Å². The van der Waals surface area contributed by atoms with Crippen molar-refractivity contribution in [2.75, 3.05) is 19.7 Å². The van der Waals surface area contributed by atoms with Gasteiger partial charge in [-0.3, -0.25) is 0 Å². The molecule has 1 N–H and O–H groups in total. The summed E-state index contributed by atoms with van der Waals surface area (Å²) in [5, 5.41) is 3.96. The molecular weight excluding hydrogens is 302 g/mol. The molecule has 0 saturated carbocycles. The summed E-state index contributed by atoms with van der Waals surface area (Å²) in [7, 11) is 0. The van der Waals surface area contributed by atoms with Gasteiger partial charge in [-0.05, 0) is 53.5 Å². The van der Waals surface area contributed by atoms with Crippen LogP contribution in [0.4, 0.5) is 0 Å². The number of nitrogens with one attached hydrogen (secondary N) is 1. The number of rotatable bonds is 8. The average molecular weight is 319 g/mol. The molecular formula is C13H17BrClNO. The lowest BCUT2D eigenvalue weighted by atomic mass is 10.3. The first-order valence-electron chi connectivity index (χ1n) is 5.63. The smallest absolute Gasteiger partial charge is 0.133 e. The van der Waals surface area contributed by atoms with E-state index in [1.165, 1.54) is 0 Å². The van der Waals surface area contributed by atoms with Crippen molar-refractivity contribution in [3.63, 3.8) is 0 Å². The van der Waals surface area contributed by atoms with E-state index in [9.17, 15) is 0 Å². The van der Waals surface area contributed by atoms with Crippen LogP contribution in [0, 0.1) is 0 Å². The maximum Gasteiger partial charge on any atom is 0.133 e. The first kappa shape index (κ1) is 14.6. The van der Waals surface area contributed by atoms with Gasteiger partial charge < -0.3 is 10.1 Å². The molecule has 0 aromatic heterocycles. The van der Waals surface area contributed by atoms with Gasteiger partial charge in [-0.1, -0.05) is 17.7 Å². The van der Waals surface area contributed by atoms with Crippen molar-refractivity contribution in [2.24, 2.45) is 0 Å². The van der Waals surface area contributed by atoms with E-state index in [-0.39, 0.29) is 0 Å². The fourth-order valence-corrected chi connectivity index (χ4v) is 2.13. The number of hydrogen-bond acceptors (Lipinski definition) is 2. The molecule has 4 heteroatoms. The van der Waals surface area contributed by atoms with Gasteiger partial charge in [0.15, 0.2) is 0 Å². The highest BCUT2D eigenvalue weighted by Gasteiger charge is 2.01. The Labute approximate surface area is 116 Å². The summed E-state index contributed by atoms with van der Waals surface area (Å²) >= 11 is 9.26. The maximum absolute atomic E-state index is 5.85. The lowest BCUT2D eigenvalue weighted by Crippen LogP contribution is -2.15. The molecule has 0 aliphatic rings. The second-order valence-corrected chi connectivity index (χ2v) is 4.91. The summed E-state index contributed by atoms with van der Waals surface area (Å²) in [6.07, 6.45) is 3.99. The molecule has 0 bridgehead atoms. The van der Waals surface area contributed by atoms with Gasteiger partial charge in [0.25, 0.3) is 0 Å². The van der Waals surface area contributed by atoms with E-state index in [1.54, 1.807) is 0 Å². The quantitative estimate of drug-likeness (QED) is 0.577. The van der Waals surface area contributed by atoms with Crippen LogP contribution in [0.3, 0.4) is 0 Å². The van der Waals surface area contributed by atoms with Gasteiger partial charge in [-0.2, -0.15) is 0 Å². The van der Waals surface area contributed by atoms with Gasteiger partial charge in [-0.15, -0.1) is 6.58 Å². The molecule has 17 heavy (non-hydrogen) atoms. The van der Waals surface area contributed by atoms with E-state index in [1.807, 2.05) is 24.3 Å². The third-order valence-corrected chi connectivity index (χ3v) is 3.04. The Balaban J connectivity index is 2.15. The van der Waals surface area contributed by atoms with Crippen LogP contribution in [0.25, 0.3) is 0 Å². The molecule has 0 heterocycles. The van der Waals surface area contributed by atoms with Crippen LogP contribution in [0.5, 0.6) is 5.75 Å². The molecule has 2 nitrogen and oxygen atoms in total. The number of ether oxygens (including phenoxy) is 1. The normalized spacial score (nSPS) is 10.2. The lowest BCUT2D eigenvalue weighted by Gasteiger charge is -2.08. The molecule has 0 atom stereocenters. The molecule has 94 valence electrons. The second-order valence-electron chi connectivity index (χ2n) is 3.62. The first-order chi connectivity index (χ1) is 8.24. The Morgan fingerprint density at radius 2 is 2.24 bits per heavy atom. The van der Waals surface area contributed by atoms with Crippen molar-refractivity contribution in [3.8, 4) is 5.75 Å². The highest BCUT2D eigenvalue weighted by molar-refractivity contribution is 9.10. The number of hydrogen-bond donors (Lipinski definition) is 1.